The Bertz CT molecular complexity index is 562. The van der Waals surface area contributed by atoms with Gasteiger partial charge in [-0.1, -0.05) is 29.8 Å². The van der Waals surface area contributed by atoms with Gasteiger partial charge in [0, 0.05) is 34.2 Å². The highest BCUT2D eigenvalue weighted by Crippen LogP contribution is 2.35. The molecule has 0 amide bonds. The van der Waals surface area contributed by atoms with Crippen LogP contribution in [0.2, 0.25) is 5.02 Å². The van der Waals surface area contributed by atoms with Crippen LogP contribution in [-0.2, 0) is 11.3 Å². The Labute approximate surface area is 122 Å². The van der Waals surface area contributed by atoms with Gasteiger partial charge >= 0.3 is 0 Å². The molecular formula is C15H18ClNOS. The van der Waals surface area contributed by atoms with Crippen LogP contribution in [0.3, 0.4) is 0 Å². The Morgan fingerprint density at radius 2 is 2.16 bits per heavy atom. The maximum atomic E-state index is 6.43. The number of ether oxygens (including phenoxy) is 1. The molecule has 2 nitrogen and oxygen atoms in total. The zero-order chi connectivity index (χ0) is 13.2. The lowest BCUT2D eigenvalue weighted by atomic mass is 9.89. The van der Waals surface area contributed by atoms with Crippen molar-refractivity contribution in [1.82, 2.24) is 5.32 Å². The molecule has 4 heteroatoms. The highest BCUT2D eigenvalue weighted by Gasteiger charge is 2.29. The minimum atomic E-state index is 0.459. The van der Waals surface area contributed by atoms with Crippen LogP contribution in [0.25, 0.3) is 10.1 Å². The molecule has 1 fully saturated rings. The number of benzene rings is 1. The summed E-state index contributed by atoms with van der Waals surface area (Å²) in [6.45, 7) is 3.74. The van der Waals surface area contributed by atoms with Crippen LogP contribution in [0, 0.1) is 0 Å². The van der Waals surface area contributed by atoms with Gasteiger partial charge in [-0.05, 0) is 25.8 Å². The summed E-state index contributed by atoms with van der Waals surface area (Å²) < 4.78 is 6.84. The number of hydrogen-bond donors (Lipinski definition) is 1. The molecule has 0 spiro atoms. The molecule has 0 radical (unpaired) electrons. The van der Waals surface area contributed by atoms with E-state index in [9.17, 15) is 0 Å². The van der Waals surface area contributed by atoms with Crippen LogP contribution in [0.1, 0.15) is 24.6 Å². The summed E-state index contributed by atoms with van der Waals surface area (Å²) in [6.07, 6.45) is 2.70. The normalized spacial score (nSPS) is 22.6. The number of fused-ring (bicyclic) bond motifs is 1. The smallest absolute Gasteiger partial charge is 0.0636 e. The van der Waals surface area contributed by atoms with Gasteiger partial charge in [-0.15, -0.1) is 11.3 Å². The minimum absolute atomic E-state index is 0.459. The molecule has 0 saturated heterocycles. The molecule has 1 N–H and O–H groups in total. The number of hydrogen-bond acceptors (Lipinski definition) is 3. The summed E-state index contributed by atoms with van der Waals surface area (Å²) in [5.74, 6) is 0. The number of nitrogens with one attached hydrogen (secondary N) is 1. The molecule has 1 aliphatic rings. The maximum Gasteiger partial charge on any atom is 0.0636 e. The molecule has 1 aliphatic carbocycles. The highest BCUT2D eigenvalue weighted by molar-refractivity contribution is 7.19. The third kappa shape index (κ3) is 2.79. The Morgan fingerprint density at radius 3 is 2.89 bits per heavy atom. The van der Waals surface area contributed by atoms with Crippen LogP contribution in [0.15, 0.2) is 24.3 Å². The number of halogens is 1. The summed E-state index contributed by atoms with van der Waals surface area (Å²) >= 11 is 8.21. The zero-order valence-corrected chi connectivity index (χ0v) is 12.6. The Hall–Kier alpha value is -0.610. The van der Waals surface area contributed by atoms with E-state index in [0.717, 1.165) is 31.0 Å². The van der Waals surface area contributed by atoms with E-state index in [1.54, 1.807) is 11.3 Å². The average molecular weight is 296 g/mol. The SMILES string of the molecule is CCOC1CC(NCc2sc3ccccc3c2Cl)C1. The van der Waals surface area contributed by atoms with Crippen molar-refractivity contribution in [2.45, 2.75) is 38.5 Å². The third-order valence-electron chi connectivity index (χ3n) is 3.65. The summed E-state index contributed by atoms with van der Waals surface area (Å²) in [6, 6.07) is 8.90. The second-order valence-corrected chi connectivity index (χ2v) is 6.48. The molecule has 1 aromatic carbocycles. The van der Waals surface area contributed by atoms with Crippen molar-refractivity contribution in [2.24, 2.45) is 0 Å². The standard InChI is InChI=1S/C15H18ClNOS/c1-2-18-11-7-10(8-11)17-9-14-15(16)12-5-3-4-6-13(12)19-14/h3-6,10-11,17H,2,7-9H2,1H3. The van der Waals surface area contributed by atoms with E-state index < -0.39 is 0 Å². The van der Waals surface area contributed by atoms with Crippen molar-refractivity contribution in [3.8, 4) is 0 Å². The summed E-state index contributed by atoms with van der Waals surface area (Å²) in [5.41, 5.74) is 0. The van der Waals surface area contributed by atoms with Crippen molar-refractivity contribution in [2.75, 3.05) is 6.61 Å². The van der Waals surface area contributed by atoms with E-state index in [1.165, 1.54) is 15.0 Å². The Balaban J connectivity index is 1.59. The second kappa shape index (κ2) is 5.80. The van der Waals surface area contributed by atoms with E-state index in [4.69, 9.17) is 16.3 Å². The molecule has 102 valence electrons. The first-order valence-electron chi connectivity index (χ1n) is 6.78. The molecule has 2 aromatic rings. The zero-order valence-electron chi connectivity index (χ0n) is 11.0. The van der Waals surface area contributed by atoms with Gasteiger partial charge in [0.05, 0.1) is 11.1 Å². The van der Waals surface area contributed by atoms with E-state index in [0.29, 0.717) is 12.1 Å². The van der Waals surface area contributed by atoms with Crippen molar-refractivity contribution >= 4 is 33.0 Å². The van der Waals surface area contributed by atoms with E-state index in [1.807, 2.05) is 6.07 Å². The molecule has 19 heavy (non-hydrogen) atoms. The molecule has 0 atom stereocenters. The van der Waals surface area contributed by atoms with Crippen molar-refractivity contribution < 1.29 is 4.74 Å². The van der Waals surface area contributed by atoms with Gasteiger partial charge in [0.2, 0.25) is 0 Å². The molecule has 1 heterocycles. The maximum absolute atomic E-state index is 6.43. The summed E-state index contributed by atoms with van der Waals surface area (Å²) in [7, 11) is 0. The topological polar surface area (TPSA) is 21.3 Å². The largest absolute Gasteiger partial charge is 0.378 e. The average Bonchev–Trinajstić information content (AvgIpc) is 2.70. The van der Waals surface area contributed by atoms with Crippen LogP contribution >= 0.6 is 22.9 Å². The van der Waals surface area contributed by atoms with Crippen LogP contribution in [0.5, 0.6) is 0 Å². The summed E-state index contributed by atoms with van der Waals surface area (Å²) in [4.78, 5) is 1.24. The van der Waals surface area contributed by atoms with Gasteiger partial charge < -0.3 is 10.1 Å². The van der Waals surface area contributed by atoms with Gasteiger partial charge in [-0.25, -0.2) is 0 Å². The predicted molar refractivity (Wildman–Crippen MR) is 82.1 cm³/mol. The molecule has 0 unspecified atom stereocenters. The van der Waals surface area contributed by atoms with E-state index in [-0.39, 0.29) is 0 Å². The first kappa shape index (κ1) is 13.4. The molecular weight excluding hydrogens is 278 g/mol. The highest BCUT2D eigenvalue weighted by atomic mass is 35.5. The third-order valence-corrected chi connectivity index (χ3v) is 5.36. The van der Waals surface area contributed by atoms with Gasteiger partial charge in [0.15, 0.2) is 0 Å². The molecule has 1 aromatic heterocycles. The van der Waals surface area contributed by atoms with Gasteiger partial charge in [-0.3, -0.25) is 0 Å². The molecule has 3 rings (SSSR count). The van der Waals surface area contributed by atoms with Crippen LogP contribution < -0.4 is 5.32 Å². The molecule has 0 aliphatic heterocycles. The van der Waals surface area contributed by atoms with Gasteiger partial charge in [0.1, 0.15) is 0 Å². The Kier molecular flexibility index (Phi) is 4.08. The molecule has 1 saturated carbocycles. The number of thiophene rings is 1. The fourth-order valence-electron chi connectivity index (χ4n) is 2.52. The summed E-state index contributed by atoms with van der Waals surface area (Å²) in [5, 5.41) is 5.66. The lowest BCUT2D eigenvalue weighted by Gasteiger charge is -2.35. The number of rotatable bonds is 5. The Morgan fingerprint density at radius 1 is 1.37 bits per heavy atom. The lowest BCUT2D eigenvalue weighted by Crippen LogP contribution is -2.45. The first-order valence-corrected chi connectivity index (χ1v) is 7.98. The van der Waals surface area contributed by atoms with Crippen molar-refractivity contribution in [1.29, 1.82) is 0 Å². The van der Waals surface area contributed by atoms with E-state index >= 15 is 0 Å². The monoisotopic (exact) mass is 295 g/mol. The fraction of sp³-hybridized carbons (Fsp3) is 0.467. The predicted octanol–water partition coefficient (Wildman–Crippen LogP) is 4.21. The van der Waals surface area contributed by atoms with Crippen LogP contribution in [-0.4, -0.2) is 18.8 Å². The van der Waals surface area contributed by atoms with E-state index in [2.05, 4.69) is 30.4 Å². The van der Waals surface area contributed by atoms with Crippen LogP contribution in [0.4, 0.5) is 0 Å². The first-order chi connectivity index (χ1) is 9.28. The quantitative estimate of drug-likeness (QED) is 0.892. The van der Waals surface area contributed by atoms with Gasteiger partial charge in [0.25, 0.3) is 0 Å². The minimum Gasteiger partial charge on any atom is -0.378 e. The second-order valence-electron chi connectivity index (χ2n) is 4.96. The lowest BCUT2D eigenvalue weighted by molar-refractivity contribution is -0.0101. The molecule has 0 bridgehead atoms. The van der Waals surface area contributed by atoms with Crippen molar-refractivity contribution in [3.05, 3.63) is 34.2 Å². The fourth-order valence-corrected chi connectivity index (χ4v) is 3.97. The van der Waals surface area contributed by atoms with Gasteiger partial charge in [-0.2, -0.15) is 0 Å². The van der Waals surface area contributed by atoms with Crippen molar-refractivity contribution in [3.63, 3.8) is 0 Å².